The predicted octanol–water partition coefficient (Wildman–Crippen LogP) is 4.50. The predicted molar refractivity (Wildman–Crippen MR) is 123 cm³/mol. The SMILES string of the molecule is CCOC(=O)c1ccc(N=C2SC(CC(=O)Nc3cccc(Cl)c3)C(=O)N2CC)cc1. The van der Waals surface area contributed by atoms with E-state index in [0.717, 1.165) is 0 Å². The van der Waals surface area contributed by atoms with Gasteiger partial charge in [0.25, 0.3) is 0 Å². The molecular formula is C22H22ClN3O4S. The minimum atomic E-state index is -0.559. The van der Waals surface area contributed by atoms with E-state index in [4.69, 9.17) is 16.3 Å². The number of hydrogen-bond donors (Lipinski definition) is 1. The fraction of sp³-hybridized carbons (Fsp3) is 0.273. The molecule has 0 aliphatic carbocycles. The zero-order valence-electron chi connectivity index (χ0n) is 17.1. The van der Waals surface area contributed by atoms with E-state index < -0.39 is 11.2 Å². The van der Waals surface area contributed by atoms with Gasteiger partial charge in [-0.3, -0.25) is 14.5 Å². The van der Waals surface area contributed by atoms with Gasteiger partial charge in [-0.1, -0.05) is 29.4 Å². The van der Waals surface area contributed by atoms with Gasteiger partial charge in [-0.2, -0.15) is 0 Å². The molecule has 1 aliphatic rings. The summed E-state index contributed by atoms with van der Waals surface area (Å²) in [5.74, 6) is -0.826. The van der Waals surface area contributed by atoms with Crippen LogP contribution in [0.1, 0.15) is 30.6 Å². The van der Waals surface area contributed by atoms with Crippen molar-refractivity contribution in [2.75, 3.05) is 18.5 Å². The molecule has 0 bridgehead atoms. The van der Waals surface area contributed by atoms with Crippen LogP contribution < -0.4 is 5.32 Å². The molecule has 3 rings (SSSR count). The lowest BCUT2D eigenvalue weighted by Crippen LogP contribution is -2.33. The van der Waals surface area contributed by atoms with E-state index in [1.807, 2.05) is 6.92 Å². The Balaban J connectivity index is 1.69. The normalized spacial score (nSPS) is 17.1. The second kappa shape index (κ2) is 10.5. The highest BCUT2D eigenvalue weighted by Crippen LogP contribution is 2.32. The lowest BCUT2D eigenvalue weighted by molar-refractivity contribution is -0.128. The van der Waals surface area contributed by atoms with Gasteiger partial charge in [0.1, 0.15) is 5.25 Å². The van der Waals surface area contributed by atoms with Crippen molar-refractivity contribution in [3.63, 3.8) is 0 Å². The molecule has 0 saturated carbocycles. The number of nitrogens with zero attached hydrogens (tertiary/aromatic N) is 2. The third kappa shape index (κ3) is 5.86. The van der Waals surface area contributed by atoms with Gasteiger partial charge >= 0.3 is 5.97 Å². The molecule has 1 saturated heterocycles. The van der Waals surface area contributed by atoms with Crippen LogP contribution in [0.25, 0.3) is 0 Å². The van der Waals surface area contributed by atoms with Gasteiger partial charge in [0.05, 0.1) is 17.9 Å². The van der Waals surface area contributed by atoms with E-state index in [9.17, 15) is 14.4 Å². The molecule has 1 atom stereocenters. The second-order valence-electron chi connectivity index (χ2n) is 6.61. The average molecular weight is 460 g/mol. The molecule has 1 heterocycles. The highest BCUT2D eigenvalue weighted by molar-refractivity contribution is 8.15. The Morgan fingerprint density at radius 2 is 1.94 bits per heavy atom. The zero-order valence-corrected chi connectivity index (χ0v) is 18.7. The van der Waals surface area contributed by atoms with Crippen molar-refractivity contribution in [3.05, 3.63) is 59.1 Å². The lowest BCUT2D eigenvalue weighted by atomic mass is 10.2. The minimum Gasteiger partial charge on any atom is -0.462 e. The molecule has 0 spiro atoms. The van der Waals surface area contributed by atoms with Gasteiger partial charge in [0, 0.05) is 23.7 Å². The number of aliphatic imine (C=N–C) groups is 1. The number of amidine groups is 1. The summed E-state index contributed by atoms with van der Waals surface area (Å²) in [5, 5.41) is 3.25. The van der Waals surface area contributed by atoms with Crippen LogP contribution in [-0.2, 0) is 14.3 Å². The van der Waals surface area contributed by atoms with Gasteiger partial charge in [0.15, 0.2) is 5.17 Å². The van der Waals surface area contributed by atoms with Crippen LogP contribution in [0.5, 0.6) is 0 Å². The summed E-state index contributed by atoms with van der Waals surface area (Å²) in [6.07, 6.45) is 0.0212. The summed E-state index contributed by atoms with van der Waals surface area (Å²) in [5.41, 5.74) is 1.62. The first-order valence-corrected chi connectivity index (χ1v) is 11.1. The summed E-state index contributed by atoms with van der Waals surface area (Å²) < 4.78 is 4.97. The minimum absolute atomic E-state index is 0.0212. The molecule has 0 aromatic heterocycles. The van der Waals surface area contributed by atoms with Crippen molar-refractivity contribution >= 4 is 57.7 Å². The molecule has 31 heavy (non-hydrogen) atoms. The number of amides is 2. The van der Waals surface area contributed by atoms with Crippen molar-refractivity contribution in [2.24, 2.45) is 4.99 Å². The van der Waals surface area contributed by atoms with Crippen molar-refractivity contribution < 1.29 is 19.1 Å². The van der Waals surface area contributed by atoms with Gasteiger partial charge in [-0.25, -0.2) is 9.79 Å². The van der Waals surface area contributed by atoms with Crippen LogP contribution in [-0.4, -0.2) is 46.3 Å². The standard InChI is InChI=1S/C22H22ClN3O4S/c1-3-26-20(28)18(13-19(27)24-17-7-5-6-15(23)12-17)31-22(26)25-16-10-8-14(9-11-16)21(29)30-4-2/h5-12,18H,3-4,13H2,1-2H3,(H,24,27). The first-order chi connectivity index (χ1) is 14.9. The third-order valence-electron chi connectivity index (χ3n) is 4.42. The Labute approximate surface area is 189 Å². The first-order valence-electron chi connectivity index (χ1n) is 9.80. The molecule has 7 nitrogen and oxygen atoms in total. The van der Waals surface area contributed by atoms with E-state index in [1.165, 1.54) is 11.8 Å². The number of nitrogens with one attached hydrogen (secondary N) is 1. The Bertz CT molecular complexity index is 1010. The topological polar surface area (TPSA) is 88.1 Å². The van der Waals surface area contributed by atoms with Crippen molar-refractivity contribution in [1.82, 2.24) is 4.90 Å². The number of hydrogen-bond acceptors (Lipinski definition) is 6. The maximum Gasteiger partial charge on any atom is 0.338 e. The molecule has 9 heteroatoms. The van der Waals surface area contributed by atoms with E-state index in [-0.39, 0.29) is 18.2 Å². The fourth-order valence-corrected chi connectivity index (χ4v) is 4.37. The number of esters is 1. The lowest BCUT2D eigenvalue weighted by Gasteiger charge is -2.13. The van der Waals surface area contributed by atoms with E-state index >= 15 is 0 Å². The van der Waals surface area contributed by atoms with Gasteiger partial charge in [-0.05, 0) is 56.3 Å². The smallest absolute Gasteiger partial charge is 0.338 e. The number of carbonyl (C=O) groups excluding carboxylic acids is 3. The number of ether oxygens (including phenoxy) is 1. The first kappa shape index (κ1) is 22.8. The summed E-state index contributed by atoms with van der Waals surface area (Å²) in [6.45, 7) is 4.35. The van der Waals surface area contributed by atoms with E-state index in [2.05, 4.69) is 10.3 Å². The molecule has 1 unspecified atom stereocenters. The number of thioether (sulfide) groups is 1. The quantitative estimate of drug-likeness (QED) is 0.616. The molecule has 1 aliphatic heterocycles. The largest absolute Gasteiger partial charge is 0.462 e. The number of rotatable bonds is 7. The molecule has 1 fully saturated rings. The molecule has 0 radical (unpaired) electrons. The summed E-state index contributed by atoms with van der Waals surface area (Å²) >= 11 is 7.20. The molecule has 162 valence electrons. The molecule has 2 amide bonds. The fourth-order valence-electron chi connectivity index (χ4n) is 2.96. The molecule has 1 N–H and O–H groups in total. The number of benzene rings is 2. The maximum absolute atomic E-state index is 12.8. The zero-order chi connectivity index (χ0) is 22.4. The van der Waals surface area contributed by atoms with E-state index in [1.54, 1.807) is 60.4 Å². The second-order valence-corrected chi connectivity index (χ2v) is 8.22. The highest BCUT2D eigenvalue weighted by atomic mass is 35.5. The van der Waals surface area contributed by atoms with Gasteiger partial charge in [-0.15, -0.1) is 0 Å². The maximum atomic E-state index is 12.8. The summed E-state index contributed by atoms with van der Waals surface area (Å²) in [4.78, 5) is 43.1. The molecule has 2 aromatic carbocycles. The van der Waals surface area contributed by atoms with Crippen molar-refractivity contribution in [1.29, 1.82) is 0 Å². The summed E-state index contributed by atoms with van der Waals surface area (Å²) in [7, 11) is 0. The van der Waals surface area contributed by atoms with Gasteiger partial charge < -0.3 is 10.1 Å². The van der Waals surface area contributed by atoms with E-state index in [0.29, 0.717) is 40.3 Å². The highest BCUT2D eigenvalue weighted by Gasteiger charge is 2.38. The van der Waals surface area contributed by atoms with Crippen LogP contribution >= 0.6 is 23.4 Å². The number of halogens is 1. The van der Waals surface area contributed by atoms with Crippen LogP contribution in [0.2, 0.25) is 5.02 Å². The van der Waals surface area contributed by atoms with Crippen LogP contribution in [0, 0.1) is 0 Å². The Morgan fingerprint density at radius 1 is 1.19 bits per heavy atom. The van der Waals surface area contributed by atoms with Crippen LogP contribution in [0.4, 0.5) is 11.4 Å². The Kier molecular flexibility index (Phi) is 7.70. The Hall–Kier alpha value is -2.84. The van der Waals surface area contributed by atoms with Crippen LogP contribution in [0.3, 0.4) is 0 Å². The number of anilines is 1. The van der Waals surface area contributed by atoms with Crippen molar-refractivity contribution in [2.45, 2.75) is 25.5 Å². The molecule has 2 aromatic rings. The monoisotopic (exact) mass is 459 g/mol. The number of carbonyl (C=O) groups is 3. The summed E-state index contributed by atoms with van der Waals surface area (Å²) in [6, 6.07) is 13.5. The third-order valence-corrected chi connectivity index (χ3v) is 5.83. The average Bonchev–Trinajstić information content (AvgIpc) is 3.02. The molecular weight excluding hydrogens is 438 g/mol. The van der Waals surface area contributed by atoms with Gasteiger partial charge in [0.2, 0.25) is 11.8 Å². The van der Waals surface area contributed by atoms with Crippen LogP contribution in [0.15, 0.2) is 53.5 Å². The van der Waals surface area contributed by atoms with Crippen molar-refractivity contribution in [3.8, 4) is 0 Å². The Morgan fingerprint density at radius 3 is 2.58 bits per heavy atom.